The minimum atomic E-state index is 0.478. The van der Waals surface area contributed by atoms with Crippen LogP contribution in [-0.4, -0.2) is 15.0 Å². The maximum atomic E-state index is 5.99. The van der Waals surface area contributed by atoms with Crippen molar-refractivity contribution in [3.8, 4) is 11.3 Å². The Morgan fingerprint density at radius 2 is 2.00 bits per heavy atom. The van der Waals surface area contributed by atoms with E-state index in [1.807, 2.05) is 30.6 Å². The summed E-state index contributed by atoms with van der Waals surface area (Å²) < 4.78 is 0. The van der Waals surface area contributed by atoms with E-state index in [-0.39, 0.29) is 0 Å². The molecule has 0 aromatic carbocycles. The molecule has 0 bridgehead atoms. The van der Waals surface area contributed by atoms with Crippen molar-refractivity contribution in [1.82, 2.24) is 15.0 Å². The third kappa shape index (κ3) is 3.03. The van der Waals surface area contributed by atoms with Gasteiger partial charge in [-0.05, 0) is 36.6 Å². The SMILES string of the molecule is CC(C)Cc1nc(-c2ccnc(Cl)c2)cc2cnccc12. The van der Waals surface area contributed by atoms with Gasteiger partial charge in [-0.2, -0.15) is 0 Å². The maximum Gasteiger partial charge on any atom is 0.129 e. The van der Waals surface area contributed by atoms with Gasteiger partial charge in [0.25, 0.3) is 0 Å². The fourth-order valence-electron chi connectivity index (χ4n) is 2.42. The van der Waals surface area contributed by atoms with E-state index in [2.05, 4.69) is 29.9 Å². The Hall–Kier alpha value is -2.00. The first kappa shape index (κ1) is 14.0. The van der Waals surface area contributed by atoms with Gasteiger partial charge in [-0.3, -0.25) is 9.97 Å². The minimum absolute atomic E-state index is 0.478. The molecule has 21 heavy (non-hydrogen) atoms. The lowest BCUT2D eigenvalue weighted by atomic mass is 10.0. The van der Waals surface area contributed by atoms with E-state index in [9.17, 15) is 0 Å². The lowest BCUT2D eigenvalue weighted by Gasteiger charge is -2.11. The predicted octanol–water partition coefficient (Wildman–Crippen LogP) is 4.54. The number of pyridine rings is 3. The van der Waals surface area contributed by atoms with Gasteiger partial charge in [0, 0.05) is 40.6 Å². The molecule has 3 heterocycles. The number of hydrogen-bond donors (Lipinski definition) is 0. The van der Waals surface area contributed by atoms with Crippen LogP contribution in [0.1, 0.15) is 19.5 Å². The first-order chi connectivity index (χ1) is 10.1. The van der Waals surface area contributed by atoms with Gasteiger partial charge in [-0.25, -0.2) is 4.98 Å². The van der Waals surface area contributed by atoms with Crippen LogP contribution in [0, 0.1) is 5.92 Å². The summed E-state index contributed by atoms with van der Waals surface area (Å²) in [5.41, 5.74) is 2.99. The molecule has 0 saturated heterocycles. The zero-order valence-electron chi connectivity index (χ0n) is 12.0. The molecule has 0 unspecified atom stereocenters. The lowest BCUT2D eigenvalue weighted by Crippen LogP contribution is -2.00. The Labute approximate surface area is 129 Å². The summed E-state index contributed by atoms with van der Waals surface area (Å²) >= 11 is 5.99. The Balaban J connectivity index is 2.20. The molecule has 0 aliphatic carbocycles. The van der Waals surface area contributed by atoms with E-state index in [1.165, 1.54) is 5.39 Å². The van der Waals surface area contributed by atoms with Crippen LogP contribution >= 0.6 is 11.6 Å². The Bertz CT molecular complexity index is 784. The van der Waals surface area contributed by atoms with Crippen LogP contribution < -0.4 is 0 Å². The molecule has 3 nitrogen and oxygen atoms in total. The van der Waals surface area contributed by atoms with Gasteiger partial charge in [0.05, 0.1) is 5.69 Å². The van der Waals surface area contributed by atoms with Crippen LogP contribution in [0.25, 0.3) is 22.0 Å². The van der Waals surface area contributed by atoms with Crippen LogP contribution in [0.2, 0.25) is 5.15 Å². The molecule has 0 aliphatic rings. The van der Waals surface area contributed by atoms with E-state index < -0.39 is 0 Å². The number of nitrogens with zero attached hydrogens (tertiary/aromatic N) is 3. The Kier molecular flexibility index (Phi) is 3.84. The standard InChI is InChI=1S/C17H16ClN3/c1-11(2)7-16-14-4-5-19-10-13(14)8-15(21-16)12-3-6-20-17(18)9-12/h3-6,8-11H,7H2,1-2H3. The molecular formula is C17H16ClN3. The summed E-state index contributed by atoms with van der Waals surface area (Å²) in [4.78, 5) is 13.1. The summed E-state index contributed by atoms with van der Waals surface area (Å²) in [5.74, 6) is 0.546. The third-order valence-corrected chi connectivity index (χ3v) is 3.54. The van der Waals surface area contributed by atoms with Crippen LogP contribution in [0.3, 0.4) is 0 Å². The second-order valence-corrected chi connectivity index (χ2v) is 5.90. The van der Waals surface area contributed by atoms with Crippen molar-refractivity contribution >= 4 is 22.4 Å². The van der Waals surface area contributed by atoms with Crippen LogP contribution in [0.4, 0.5) is 0 Å². The molecule has 106 valence electrons. The molecule has 3 aromatic heterocycles. The quantitative estimate of drug-likeness (QED) is 0.666. The monoisotopic (exact) mass is 297 g/mol. The average Bonchev–Trinajstić information content (AvgIpc) is 2.46. The van der Waals surface area contributed by atoms with Crippen molar-refractivity contribution < 1.29 is 0 Å². The molecule has 0 spiro atoms. The number of halogens is 1. The van der Waals surface area contributed by atoms with Crippen molar-refractivity contribution in [3.63, 3.8) is 0 Å². The number of aromatic nitrogens is 3. The second kappa shape index (κ2) is 5.78. The van der Waals surface area contributed by atoms with Crippen molar-refractivity contribution in [2.75, 3.05) is 0 Å². The number of rotatable bonds is 3. The van der Waals surface area contributed by atoms with Crippen molar-refractivity contribution in [2.24, 2.45) is 5.92 Å². The maximum absolute atomic E-state index is 5.99. The molecule has 0 atom stereocenters. The summed E-state index contributed by atoms with van der Waals surface area (Å²) in [5, 5.41) is 2.75. The molecule has 0 aliphatic heterocycles. The lowest BCUT2D eigenvalue weighted by molar-refractivity contribution is 0.639. The van der Waals surface area contributed by atoms with Gasteiger partial charge in [-0.1, -0.05) is 25.4 Å². The molecule has 3 aromatic rings. The summed E-state index contributed by atoms with van der Waals surface area (Å²) in [6.07, 6.45) is 6.34. The predicted molar refractivity (Wildman–Crippen MR) is 86.3 cm³/mol. The summed E-state index contributed by atoms with van der Waals surface area (Å²) in [7, 11) is 0. The Morgan fingerprint density at radius 3 is 2.76 bits per heavy atom. The molecule has 0 N–H and O–H groups in total. The second-order valence-electron chi connectivity index (χ2n) is 5.52. The summed E-state index contributed by atoms with van der Waals surface area (Å²) in [6.45, 7) is 4.40. The molecule has 0 radical (unpaired) electrons. The molecule has 0 fully saturated rings. The van der Waals surface area contributed by atoms with Crippen molar-refractivity contribution in [3.05, 3.63) is 53.7 Å². The van der Waals surface area contributed by atoms with Gasteiger partial charge in [0.2, 0.25) is 0 Å². The highest BCUT2D eigenvalue weighted by Crippen LogP contribution is 2.26. The molecule has 0 saturated carbocycles. The van der Waals surface area contributed by atoms with Gasteiger partial charge in [-0.15, -0.1) is 0 Å². The van der Waals surface area contributed by atoms with E-state index in [0.717, 1.165) is 28.8 Å². The van der Waals surface area contributed by atoms with E-state index in [0.29, 0.717) is 11.1 Å². The highest BCUT2D eigenvalue weighted by atomic mass is 35.5. The van der Waals surface area contributed by atoms with Gasteiger partial charge >= 0.3 is 0 Å². The van der Waals surface area contributed by atoms with Gasteiger partial charge < -0.3 is 0 Å². The zero-order valence-corrected chi connectivity index (χ0v) is 12.8. The fraction of sp³-hybridized carbons (Fsp3) is 0.235. The van der Waals surface area contributed by atoms with Crippen LogP contribution in [0.5, 0.6) is 0 Å². The smallest absolute Gasteiger partial charge is 0.129 e. The van der Waals surface area contributed by atoms with Crippen LogP contribution in [0.15, 0.2) is 42.9 Å². The highest BCUT2D eigenvalue weighted by molar-refractivity contribution is 6.29. The number of hydrogen-bond acceptors (Lipinski definition) is 3. The van der Waals surface area contributed by atoms with Gasteiger partial charge in [0.15, 0.2) is 0 Å². The third-order valence-electron chi connectivity index (χ3n) is 3.33. The molecule has 3 rings (SSSR count). The van der Waals surface area contributed by atoms with E-state index >= 15 is 0 Å². The first-order valence-electron chi connectivity index (χ1n) is 6.99. The largest absolute Gasteiger partial charge is 0.264 e. The normalized spacial score (nSPS) is 11.2. The minimum Gasteiger partial charge on any atom is -0.264 e. The van der Waals surface area contributed by atoms with Gasteiger partial charge in [0.1, 0.15) is 5.15 Å². The summed E-state index contributed by atoms with van der Waals surface area (Å²) in [6, 6.07) is 7.85. The van der Waals surface area contributed by atoms with Crippen molar-refractivity contribution in [2.45, 2.75) is 20.3 Å². The van der Waals surface area contributed by atoms with Crippen LogP contribution in [-0.2, 0) is 6.42 Å². The average molecular weight is 298 g/mol. The van der Waals surface area contributed by atoms with Crippen molar-refractivity contribution in [1.29, 1.82) is 0 Å². The van der Waals surface area contributed by atoms with E-state index in [1.54, 1.807) is 6.20 Å². The Morgan fingerprint density at radius 1 is 1.14 bits per heavy atom. The molecule has 4 heteroatoms. The first-order valence-corrected chi connectivity index (χ1v) is 7.37. The fourth-order valence-corrected chi connectivity index (χ4v) is 2.60. The zero-order chi connectivity index (χ0) is 14.8. The highest BCUT2D eigenvalue weighted by Gasteiger charge is 2.10. The molecular weight excluding hydrogens is 282 g/mol. The molecule has 0 amide bonds. The van der Waals surface area contributed by atoms with E-state index in [4.69, 9.17) is 16.6 Å². The number of fused-ring (bicyclic) bond motifs is 1. The topological polar surface area (TPSA) is 38.7 Å².